The minimum atomic E-state index is -4.49. The number of benzene rings is 1. The number of allylic oxidation sites excluding steroid dienone is 2. The molecule has 0 radical (unpaired) electrons. The number of carbonyl (C=O) groups is 1. The van der Waals surface area contributed by atoms with Crippen LogP contribution in [0.25, 0.3) is 6.08 Å². The van der Waals surface area contributed by atoms with Crippen molar-refractivity contribution >= 4 is 22.1 Å². The molecule has 0 aromatic heterocycles. The van der Waals surface area contributed by atoms with Gasteiger partial charge >= 0.3 is 12.1 Å². The van der Waals surface area contributed by atoms with Crippen molar-refractivity contribution in [3.05, 3.63) is 53.0 Å². The maximum Gasteiger partial charge on any atom is 0.416 e. The molecule has 0 spiro atoms. The minimum Gasteiger partial charge on any atom is -0.481 e. The van der Waals surface area contributed by atoms with E-state index in [9.17, 15) is 26.4 Å². The second kappa shape index (κ2) is 11.5. The molecule has 1 fully saturated rings. The molecule has 9 heteroatoms. The van der Waals surface area contributed by atoms with E-state index >= 15 is 0 Å². The van der Waals surface area contributed by atoms with E-state index in [-0.39, 0.29) is 23.9 Å². The van der Waals surface area contributed by atoms with E-state index in [1.165, 1.54) is 12.1 Å². The minimum absolute atomic E-state index is 0.119. The van der Waals surface area contributed by atoms with Gasteiger partial charge in [-0.3, -0.25) is 4.79 Å². The Balaban J connectivity index is 1.96. The van der Waals surface area contributed by atoms with Crippen molar-refractivity contribution < 1.29 is 31.5 Å². The van der Waals surface area contributed by atoms with Crippen molar-refractivity contribution in [3.63, 3.8) is 0 Å². The lowest BCUT2D eigenvalue weighted by Gasteiger charge is -2.31. The molecule has 0 bridgehead atoms. The third-order valence-corrected chi connectivity index (χ3v) is 6.37. The topological polar surface area (TPSA) is 83.5 Å². The average Bonchev–Trinajstić information content (AvgIpc) is 2.69. The van der Waals surface area contributed by atoms with E-state index in [1.807, 2.05) is 12.2 Å². The number of unbranched alkanes of at least 4 members (excludes halogenated alkanes) is 1. The van der Waals surface area contributed by atoms with Gasteiger partial charge in [0, 0.05) is 17.9 Å². The van der Waals surface area contributed by atoms with Crippen molar-refractivity contribution in [1.29, 1.82) is 0 Å². The van der Waals surface area contributed by atoms with E-state index in [2.05, 4.69) is 4.72 Å². The van der Waals surface area contributed by atoms with Gasteiger partial charge in [0.05, 0.1) is 5.56 Å². The quantitative estimate of drug-likeness (QED) is 0.365. The van der Waals surface area contributed by atoms with E-state index in [4.69, 9.17) is 5.11 Å². The zero-order valence-electron chi connectivity index (χ0n) is 17.1. The van der Waals surface area contributed by atoms with Gasteiger partial charge in [0.1, 0.15) is 0 Å². The van der Waals surface area contributed by atoms with Crippen LogP contribution in [0.4, 0.5) is 13.2 Å². The van der Waals surface area contributed by atoms with Crippen LogP contribution in [-0.4, -0.2) is 25.5 Å². The highest BCUT2D eigenvalue weighted by atomic mass is 32.2. The molecule has 172 valence electrons. The van der Waals surface area contributed by atoms with Gasteiger partial charge in [0.15, 0.2) is 0 Å². The largest absolute Gasteiger partial charge is 0.481 e. The van der Waals surface area contributed by atoms with Gasteiger partial charge in [-0.2, -0.15) is 13.2 Å². The van der Waals surface area contributed by atoms with Crippen LogP contribution in [0.2, 0.25) is 0 Å². The molecule has 1 aliphatic rings. The second-order valence-electron chi connectivity index (χ2n) is 7.73. The molecule has 5 nitrogen and oxygen atoms in total. The number of aliphatic carboxylic acids is 1. The number of carboxylic acid groups (broad SMARTS) is 1. The van der Waals surface area contributed by atoms with Crippen molar-refractivity contribution in [3.8, 4) is 0 Å². The van der Waals surface area contributed by atoms with Crippen molar-refractivity contribution in [2.45, 2.75) is 63.6 Å². The summed E-state index contributed by atoms with van der Waals surface area (Å²) in [5.74, 6) is -0.699. The molecule has 1 aromatic rings. The van der Waals surface area contributed by atoms with E-state index < -0.39 is 27.7 Å². The summed E-state index contributed by atoms with van der Waals surface area (Å²) in [5.41, 5.74) is -0.674. The third kappa shape index (κ3) is 9.26. The first-order valence-corrected chi connectivity index (χ1v) is 11.9. The summed E-state index contributed by atoms with van der Waals surface area (Å²) in [7, 11) is -3.81. The molecular formula is C22H28F3NO4S. The summed E-state index contributed by atoms with van der Waals surface area (Å²) in [6, 6.07) is 4.26. The number of sulfonamides is 1. The molecule has 1 aromatic carbocycles. The third-order valence-electron chi connectivity index (χ3n) is 5.25. The number of halogens is 3. The van der Waals surface area contributed by atoms with Crippen LogP contribution < -0.4 is 4.72 Å². The highest BCUT2D eigenvalue weighted by Gasteiger charge is 2.30. The Bertz CT molecular complexity index is 894. The number of nitrogens with one attached hydrogen (secondary N) is 1. The molecule has 0 aliphatic heterocycles. The number of hydrogen-bond acceptors (Lipinski definition) is 3. The molecule has 0 heterocycles. The van der Waals surface area contributed by atoms with Crippen molar-refractivity contribution in [2.24, 2.45) is 5.92 Å². The first-order valence-electron chi connectivity index (χ1n) is 10.3. The Morgan fingerprint density at radius 1 is 1.19 bits per heavy atom. The summed E-state index contributed by atoms with van der Waals surface area (Å²) in [6.45, 7) is 0. The summed E-state index contributed by atoms with van der Waals surface area (Å²) in [6.07, 6.45) is 6.11. The predicted molar refractivity (Wildman–Crippen MR) is 114 cm³/mol. The summed E-state index contributed by atoms with van der Waals surface area (Å²) in [5, 5.41) is 9.55. The van der Waals surface area contributed by atoms with Crippen LogP contribution in [0.3, 0.4) is 0 Å². The lowest BCUT2D eigenvalue weighted by molar-refractivity contribution is -0.138. The smallest absolute Gasteiger partial charge is 0.416 e. The summed E-state index contributed by atoms with van der Waals surface area (Å²) < 4.78 is 66.1. The molecule has 2 atom stereocenters. The van der Waals surface area contributed by atoms with Gasteiger partial charge in [-0.15, -0.1) is 0 Å². The normalized spacial score (nSPS) is 20.5. The highest BCUT2D eigenvalue weighted by Crippen LogP contribution is 2.30. The average molecular weight is 460 g/mol. The number of carboxylic acids is 1. The monoisotopic (exact) mass is 459 g/mol. The van der Waals surface area contributed by atoms with Gasteiger partial charge in [0.25, 0.3) is 0 Å². The van der Waals surface area contributed by atoms with Gasteiger partial charge in [-0.25, -0.2) is 13.1 Å². The lowest BCUT2D eigenvalue weighted by atomic mass is 9.83. The predicted octanol–water partition coefficient (Wildman–Crippen LogP) is 5.36. The number of hydrogen-bond donors (Lipinski definition) is 2. The maximum atomic E-state index is 12.8. The van der Waals surface area contributed by atoms with Crippen LogP contribution in [0, 0.1) is 5.92 Å². The fourth-order valence-corrected chi connectivity index (χ4v) is 4.79. The molecule has 1 saturated carbocycles. The van der Waals surface area contributed by atoms with E-state index in [0.717, 1.165) is 42.9 Å². The Hall–Kier alpha value is -2.13. The van der Waals surface area contributed by atoms with Crippen LogP contribution in [0.5, 0.6) is 0 Å². The Labute approximate surface area is 181 Å². The zero-order valence-corrected chi connectivity index (χ0v) is 18.0. The van der Waals surface area contributed by atoms with Gasteiger partial charge < -0.3 is 5.11 Å². The van der Waals surface area contributed by atoms with Crippen molar-refractivity contribution in [1.82, 2.24) is 4.72 Å². The molecule has 2 unspecified atom stereocenters. The second-order valence-corrected chi connectivity index (χ2v) is 9.33. The zero-order chi connectivity index (χ0) is 22.9. The van der Waals surface area contributed by atoms with Gasteiger partial charge in [-0.05, 0) is 61.8 Å². The molecule has 0 saturated heterocycles. The van der Waals surface area contributed by atoms with Gasteiger partial charge in [0.2, 0.25) is 10.0 Å². The number of rotatable bonds is 10. The van der Waals surface area contributed by atoms with Crippen LogP contribution in [-0.2, 0) is 21.0 Å². The molecular weight excluding hydrogens is 431 g/mol. The Morgan fingerprint density at radius 2 is 1.94 bits per heavy atom. The number of alkyl halides is 3. The van der Waals surface area contributed by atoms with Crippen LogP contribution in [0.15, 0.2) is 41.8 Å². The summed E-state index contributed by atoms with van der Waals surface area (Å²) >= 11 is 0. The van der Waals surface area contributed by atoms with Crippen molar-refractivity contribution in [2.75, 3.05) is 0 Å². The Kier molecular flexibility index (Phi) is 9.31. The van der Waals surface area contributed by atoms with Crippen LogP contribution in [0.1, 0.15) is 62.5 Å². The highest BCUT2D eigenvalue weighted by molar-refractivity contribution is 7.92. The first kappa shape index (κ1) is 25.1. The fourth-order valence-electron chi connectivity index (χ4n) is 3.64. The lowest BCUT2D eigenvalue weighted by Crippen LogP contribution is -2.41. The first-order chi connectivity index (χ1) is 14.6. The van der Waals surface area contributed by atoms with Gasteiger partial charge in [-0.1, -0.05) is 37.1 Å². The van der Waals surface area contributed by atoms with Crippen LogP contribution >= 0.6 is 0 Å². The fraction of sp³-hybridized carbons (Fsp3) is 0.500. The Morgan fingerprint density at radius 3 is 2.65 bits per heavy atom. The molecule has 2 rings (SSSR count). The van der Waals surface area contributed by atoms with E-state index in [1.54, 1.807) is 0 Å². The SMILES string of the molecule is O=C(O)CCCC=CCC1CCCCC1NS(=O)(=O)C=Cc1cccc(C(F)(F)F)c1. The van der Waals surface area contributed by atoms with E-state index in [0.29, 0.717) is 25.7 Å². The molecule has 31 heavy (non-hydrogen) atoms. The molecule has 0 amide bonds. The summed E-state index contributed by atoms with van der Waals surface area (Å²) in [4.78, 5) is 10.5. The standard InChI is InChI=1S/C22H28F3NO4S/c23-22(24,25)19-11-7-8-17(16-19)14-15-31(29,30)26-20-12-6-5-10-18(20)9-3-1-2-4-13-21(27)28/h1,3,7-8,11,14-16,18,20,26H,2,4-6,9-10,12-13H2,(H,27,28). The molecule has 1 aliphatic carbocycles. The maximum absolute atomic E-state index is 12.8. The molecule has 2 N–H and O–H groups in total.